The second kappa shape index (κ2) is 7.23. The number of esters is 2. The van der Waals surface area contributed by atoms with Gasteiger partial charge < -0.3 is 29.9 Å². The first-order valence-electron chi connectivity index (χ1n) is 6.78. The van der Waals surface area contributed by atoms with E-state index in [2.05, 4.69) is 0 Å². The summed E-state index contributed by atoms with van der Waals surface area (Å²) in [6.45, 7) is -0.613. The molecule has 0 aliphatic carbocycles. The summed E-state index contributed by atoms with van der Waals surface area (Å²) in [4.78, 5) is 23.4. The molecular weight excluding hydrogens is 320 g/mol. The molecule has 8 nitrogen and oxygen atoms in total. The second-order valence-electron chi connectivity index (χ2n) is 4.62. The topological polar surface area (TPSA) is 134 Å². The molecule has 0 bridgehead atoms. The van der Waals surface area contributed by atoms with Crippen molar-refractivity contribution in [3.63, 3.8) is 0 Å². The molecule has 2 rings (SSSR count). The summed E-state index contributed by atoms with van der Waals surface area (Å²) in [5, 5.41) is 37.7. The Bertz CT molecular complexity index is 703. The van der Waals surface area contributed by atoms with Gasteiger partial charge in [0.1, 0.15) is 24.3 Å². The van der Waals surface area contributed by atoms with Gasteiger partial charge in [-0.25, -0.2) is 9.59 Å². The predicted octanol–water partition coefficient (Wildman–Crippen LogP) is 1.52. The average Bonchev–Trinajstić information content (AvgIpc) is 2.56. The van der Waals surface area contributed by atoms with Crippen molar-refractivity contribution in [2.45, 2.75) is 0 Å². The molecule has 2 aromatic carbocycles. The van der Waals surface area contributed by atoms with Crippen LogP contribution in [0.1, 0.15) is 20.7 Å². The fraction of sp³-hybridized carbons (Fsp3) is 0.125. The molecular formula is C16H14O8. The Labute approximate surface area is 136 Å². The molecule has 0 aromatic heterocycles. The third-order valence-corrected chi connectivity index (χ3v) is 3.02. The maximum absolute atomic E-state index is 11.7. The van der Waals surface area contributed by atoms with Gasteiger partial charge in [-0.2, -0.15) is 0 Å². The van der Waals surface area contributed by atoms with Crippen LogP contribution < -0.4 is 0 Å². The molecule has 0 atom stereocenters. The van der Waals surface area contributed by atoms with Gasteiger partial charge in [0.15, 0.2) is 23.0 Å². The van der Waals surface area contributed by atoms with Crippen molar-refractivity contribution >= 4 is 11.9 Å². The van der Waals surface area contributed by atoms with Gasteiger partial charge in [0.05, 0.1) is 0 Å². The van der Waals surface area contributed by atoms with Gasteiger partial charge >= 0.3 is 11.9 Å². The van der Waals surface area contributed by atoms with E-state index in [0.29, 0.717) is 0 Å². The first-order chi connectivity index (χ1) is 11.4. The minimum Gasteiger partial charge on any atom is -0.504 e. The number of carbonyl (C=O) groups is 2. The van der Waals surface area contributed by atoms with Gasteiger partial charge in [-0.3, -0.25) is 0 Å². The number of ether oxygens (including phenoxy) is 2. The van der Waals surface area contributed by atoms with E-state index in [9.17, 15) is 30.0 Å². The summed E-state index contributed by atoms with van der Waals surface area (Å²) >= 11 is 0. The van der Waals surface area contributed by atoms with Crippen molar-refractivity contribution in [3.8, 4) is 23.0 Å². The summed E-state index contributed by atoms with van der Waals surface area (Å²) in [5.74, 6) is -3.95. The van der Waals surface area contributed by atoms with E-state index in [1.54, 1.807) is 0 Å². The summed E-state index contributed by atoms with van der Waals surface area (Å²) in [7, 11) is 0. The summed E-state index contributed by atoms with van der Waals surface area (Å²) in [5.41, 5.74) is -0.459. The Morgan fingerprint density at radius 3 is 1.46 bits per heavy atom. The van der Waals surface area contributed by atoms with E-state index < -0.39 is 34.9 Å². The molecule has 0 aliphatic heterocycles. The van der Waals surface area contributed by atoms with E-state index in [1.807, 2.05) is 0 Å². The molecule has 0 unspecified atom stereocenters. The van der Waals surface area contributed by atoms with Crippen LogP contribution in [0.5, 0.6) is 23.0 Å². The highest BCUT2D eigenvalue weighted by Gasteiger charge is 2.17. The van der Waals surface area contributed by atoms with Crippen LogP contribution in [0.3, 0.4) is 0 Å². The number of hydrogen-bond donors (Lipinski definition) is 4. The molecule has 0 aliphatic rings. The van der Waals surface area contributed by atoms with Gasteiger partial charge in [0, 0.05) is 0 Å². The second-order valence-corrected chi connectivity index (χ2v) is 4.62. The highest BCUT2D eigenvalue weighted by molar-refractivity contribution is 5.94. The van der Waals surface area contributed by atoms with Gasteiger partial charge in [-0.05, 0) is 24.3 Å². The molecule has 2 aromatic rings. The molecule has 0 fully saturated rings. The van der Waals surface area contributed by atoms with Crippen LogP contribution in [0.4, 0.5) is 0 Å². The zero-order chi connectivity index (χ0) is 17.7. The average molecular weight is 334 g/mol. The molecule has 8 heteroatoms. The zero-order valence-electron chi connectivity index (χ0n) is 12.3. The third kappa shape index (κ3) is 3.67. The monoisotopic (exact) mass is 334 g/mol. The Balaban J connectivity index is 1.86. The van der Waals surface area contributed by atoms with Crippen molar-refractivity contribution in [1.29, 1.82) is 0 Å². The van der Waals surface area contributed by atoms with Crippen molar-refractivity contribution in [1.82, 2.24) is 0 Å². The maximum atomic E-state index is 11.7. The van der Waals surface area contributed by atoms with Crippen LogP contribution in [-0.4, -0.2) is 45.6 Å². The zero-order valence-corrected chi connectivity index (χ0v) is 12.3. The number of aromatic hydroxyl groups is 4. The summed E-state index contributed by atoms with van der Waals surface area (Å²) in [6.07, 6.45) is 0. The van der Waals surface area contributed by atoms with E-state index in [0.717, 1.165) is 0 Å². The quantitative estimate of drug-likeness (QED) is 0.367. The molecule has 126 valence electrons. The number of carbonyl (C=O) groups excluding carboxylic acids is 2. The number of hydrogen-bond acceptors (Lipinski definition) is 8. The Morgan fingerprint density at radius 1 is 0.708 bits per heavy atom. The van der Waals surface area contributed by atoms with Crippen molar-refractivity contribution in [2.75, 3.05) is 13.2 Å². The van der Waals surface area contributed by atoms with E-state index in [1.165, 1.54) is 36.4 Å². The molecule has 0 amide bonds. The largest absolute Gasteiger partial charge is 0.504 e. The van der Waals surface area contributed by atoms with Crippen molar-refractivity contribution in [2.24, 2.45) is 0 Å². The van der Waals surface area contributed by atoms with Gasteiger partial charge in [-0.1, -0.05) is 12.1 Å². The number of phenols is 4. The lowest BCUT2D eigenvalue weighted by molar-refractivity contribution is 0.0261. The first-order valence-corrected chi connectivity index (χ1v) is 6.78. The Kier molecular flexibility index (Phi) is 5.10. The third-order valence-electron chi connectivity index (χ3n) is 3.02. The normalized spacial score (nSPS) is 10.2. The van der Waals surface area contributed by atoms with Gasteiger partial charge in [0.25, 0.3) is 0 Å². The summed E-state index contributed by atoms with van der Waals surface area (Å²) < 4.78 is 9.61. The molecule has 0 radical (unpaired) electrons. The molecule has 0 saturated carbocycles. The van der Waals surface area contributed by atoms with Crippen LogP contribution in [0.2, 0.25) is 0 Å². The first kappa shape index (κ1) is 16.9. The van der Waals surface area contributed by atoms with Crippen LogP contribution in [0.15, 0.2) is 36.4 Å². The lowest BCUT2D eigenvalue weighted by Gasteiger charge is -2.09. The van der Waals surface area contributed by atoms with Crippen LogP contribution in [-0.2, 0) is 9.47 Å². The van der Waals surface area contributed by atoms with Gasteiger partial charge in [0.2, 0.25) is 0 Å². The van der Waals surface area contributed by atoms with Crippen molar-refractivity contribution in [3.05, 3.63) is 47.5 Å². The number of phenolic OH excluding ortho intramolecular Hbond substituents is 4. The SMILES string of the molecule is O=C(OCCOC(=O)c1cccc(O)c1O)c1cccc(O)c1O. The maximum Gasteiger partial charge on any atom is 0.342 e. The molecule has 0 heterocycles. The van der Waals surface area contributed by atoms with Gasteiger partial charge in [-0.15, -0.1) is 0 Å². The predicted molar refractivity (Wildman–Crippen MR) is 80.1 cm³/mol. The lowest BCUT2D eigenvalue weighted by Crippen LogP contribution is -2.14. The standard InChI is InChI=1S/C16H14O8/c17-11-5-1-3-9(13(11)19)15(21)23-7-8-24-16(22)10-4-2-6-12(18)14(10)20/h1-6,17-20H,7-8H2. The Morgan fingerprint density at radius 2 is 1.08 bits per heavy atom. The lowest BCUT2D eigenvalue weighted by atomic mass is 10.2. The molecule has 4 N–H and O–H groups in total. The molecule has 0 saturated heterocycles. The van der Waals surface area contributed by atoms with E-state index in [4.69, 9.17) is 9.47 Å². The smallest absolute Gasteiger partial charge is 0.342 e. The fourth-order valence-electron chi connectivity index (χ4n) is 1.82. The number of para-hydroxylation sites is 2. The van der Waals surface area contributed by atoms with E-state index in [-0.39, 0.29) is 24.3 Å². The Hall–Kier alpha value is -3.42. The molecule has 0 spiro atoms. The van der Waals surface area contributed by atoms with Crippen LogP contribution >= 0.6 is 0 Å². The highest BCUT2D eigenvalue weighted by atomic mass is 16.6. The highest BCUT2D eigenvalue weighted by Crippen LogP contribution is 2.29. The van der Waals surface area contributed by atoms with Crippen LogP contribution in [0, 0.1) is 0 Å². The van der Waals surface area contributed by atoms with Crippen LogP contribution in [0.25, 0.3) is 0 Å². The number of rotatable bonds is 5. The van der Waals surface area contributed by atoms with Crippen molar-refractivity contribution < 1.29 is 39.5 Å². The minimum atomic E-state index is -0.903. The fourth-order valence-corrected chi connectivity index (χ4v) is 1.82. The van der Waals surface area contributed by atoms with E-state index >= 15 is 0 Å². The summed E-state index contributed by atoms with van der Waals surface area (Å²) in [6, 6.07) is 7.64. The minimum absolute atomic E-state index is 0.230. The number of benzene rings is 2. The molecule has 24 heavy (non-hydrogen) atoms.